The standard InChI is InChI=1S/C21H25N3O2/c1-2-12-23-15-16-26-21(17-6-3-4-8-19(17)23)9-13-24(14-10-21)20(25)18-7-5-11-22-18/h2-8,11,22H,1,9-10,12-16H2. The number of piperidine rings is 1. The number of amides is 1. The van der Waals surface area contributed by atoms with Gasteiger partial charge in [0.25, 0.3) is 5.91 Å². The van der Waals surface area contributed by atoms with Crippen molar-refractivity contribution in [2.75, 3.05) is 37.7 Å². The molecule has 2 aliphatic rings. The topological polar surface area (TPSA) is 48.6 Å². The van der Waals surface area contributed by atoms with Gasteiger partial charge in [-0.25, -0.2) is 0 Å². The number of aromatic nitrogens is 1. The van der Waals surface area contributed by atoms with E-state index in [1.54, 1.807) is 6.20 Å². The van der Waals surface area contributed by atoms with Gasteiger partial charge in [-0.1, -0.05) is 24.3 Å². The number of fused-ring (bicyclic) bond motifs is 2. The van der Waals surface area contributed by atoms with Crippen LogP contribution in [-0.4, -0.2) is 48.6 Å². The minimum atomic E-state index is -0.307. The van der Waals surface area contributed by atoms with Crippen molar-refractivity contribution >= 4 is 11.6 Å². The van der Waals surface area contributed by atoms with Gasteiger partial charge in [-0.2, -0.15) is 0 Å². The molecule has 0 atom stereocenters. The number of benzene rings is 1. The summed E-state index contributed by atoms with van der Waals surface area (Å²) in [6.45, 7) is 7.65. The van der Waals surface area contributed by atoms with E-state index in [9.17, 15) is 4.79 Å². The number of anilines is 1. The highest BCUT2D eigenvalue weighted by molar-refractivity contribution is 5.92. The van der Waals surface area contributed by atoms with Crippen LogP contribution < -0.4 is 4.90 Å². The van der Waals surface area contributed by atoms with Crippen LogP contribution >= 0.6 is 0 Å². The highest BCUT2D eigenvalue weighted by Gasteiger charge is 2.42. The second-order valence-corrected chi connectivity index (χ2v) is 6.97. The van der Waals surface area contributed by atoms with Crippen molar-refractivity contribution in [2.24, 2.45) is 0 Å². The van der Waals surface area contributed by atoms with Crippen LogP contribution in [0.4, 0.5) is 5.69 Å². The Balaban J connectivity index is 1.58. The predicted molar refractivity (Wildman–Crippen MR) is 102 cm³/mol. The zero-order chi connectivity index (χ0) is 18.0. The van der Waals surface area contributed by atoms with Crippen molar-refractivity contribution in [1.29, 1.82) is 0 Å². The average Bonchev–Trinajstić information content (AvgIpc) is 3.18. The Bertz CT molecular complexity index is 776. The molecular weight excluding hydrogens is 326 g/mol. The molecule has 1 fully saturated rings. The Morgan fingerprint density at radius 3 is 2.73 bits per heavy atom. The molecule has 1 saturated heterocycles. The van der Waals surface area contributed by atoms with E-state index >= 15 is 0 Å². The average molecular weight is 351 g/mol. The van der Waals surface area contributed by atoms with Gasteiger partial charge in [0.15, 0.2) is 0 Å². The number of likely N-dealkylation sites (tertiary alicyclic amines) is 1. The molecule has 26 heavy (non-hydrogen) atoms. The third-order valence-corrected chi connectivity index (χ3v) is 5.51. The van der Waals surface area contributed by atoms with E-state index in [-0.39, 0.29) is 11.5 Å². The van der Waals surface area contributed by atoms with Crippen molar-refractivity contribution in [3.05, 3.63) is 66.5 Å². The van der Waals surface area contributed by atoms with Crippen molar-refractivity contribution in [3.63, 3.8) is 0 Å². The number of aromatic amines is 1. The van der Waals surface area contributed by atoms with Gasteiger partial charge < -0.3 is 19.5 Å². The van der Waals surface area contributed by atoms with Crippen LogP contribution in [0.2, 0.25) is 0 Å². The maximum atomic E-state index is 12.6. The van der Waals surface area contributed by atoms with Gasteiger partial charge >= 0.3 is 0 Å². The van der Waals surface area contributed by atoms with Gasteiger partial charge in [-0.05, 0) is 31.0 Å². The lowest BCUT2D eigenvalue weighted by atomic mass is 9.83. The first-order valence-electron chi connectivity index (χ1n) is 9.25. The molecule has 0 saturated carbocycles. The number of carbonyl (C=O) groups is 1. The van der Waals surface area contributed by atoms with Crippen LogP contribution in [0.15, 0.2) is 55.3 Å². The fourth-order valence-electron chi connectivity index (χ4n) is 4.15. The molecule has 0 unspecified atom stereocenters. The van der Waals surface area contributed by atoms with Crippen molar-refractivity contribution in [2.45, 2.75) is 18.4 Å². The summed E-state index contributed by atoms with van der Waals surface area (Å²) >= 11 is 0. The largest absolute Gasteiger partial charge is 0.368 e. The minimum Gasteiger partial charge on any atom is -0.368 e. The van der Waals surface area contributed by atoms with Crippen LogP contribution in [0.1, 0.15) is 28.9 Å². The molecule has 0 aliphatic carbocycles. The lowest BCUT2D eigenvalue weighted by molar-refractivity contribution is -0.0791. The molecule has 1 spiro atoms. The van der Waals surface area contributed by atoms with Gasteiger partial charge in [-0.15, -0.1) is 6.58 Å². The van der Waals surface area contributed by atoms with E-state index in [1.165, 1.54) is 11.3 Å². The third kappa shape index (κ3) is 2.92. The fourth-order valence-corrected chi connectivity index (χ4v) is 4.15. The molecular formula is C21H25N3O2. The molecule has 0 bridgehead atoms. The van der Waals surface area contributed by atoms with Crippen LogP contribution in [-0.2, 0) is 10.3 Å². The molecule has 3 heterocycles. The summed E-state index contributed by atoms with van der Waals surface area (Å²) in [5.41, 5.74) is 2.82. The van der Waals surface area contributed by atoms with E-state index in [0.717, 1.165) is 25.9 Å². The smallest absolute Gasteiger partial charge is 0.270 e. The zero-order valence-electron chi connectivity index (χ0n) is 15.0. The number of ether oxygens (including phenoxy) is 1. The van der Waals surface area contributed by atoms with Gasteiger partial charge in [0, 0.05) is 43.6 Å². The molecule has 1 amide bonds. The number of nitrogens with zero attached hydrogens (tertiary/aromatic N) is 2. The summed E-state index contributed by atoms with van der Waals surface area (Å²) in [4.78, 5) is 19.9. The van der Waals surface area contributed by atoms with E-state index in [1.807, 2.05) is 23.1 Å². The quantitative estimate of drug-likeness (QED) is 0.864. The Kier molecular flexibility index (Phi) is 4.55. The van der Waals surface area contributed by atoms with Gasteiger partial charge in [0.1, 0.15) is 5.69 Å². The molecule has 0 radical (unpaired) electrons. The van der Waals surface area contributed by atoms with Crippen LogP contribution in [0.3, 0.4) is 0 Å². The molecule has 2 aliphatic heterocycles. The van der Waals surface area contributed by atoms with Crippen molar-refractivity contribution in [1.82, 2.24) is 9.88 Å². The first-order valence-corrected chi connectivity index (χ1v) is 9.25. The molecule has 136 valence electrons. The summed E-state index contributed by atoms with van der Waals surface area (Å²) < 4.78 is 6.43. The monoisotopic (exact) mass is 351 g/mol. The number of hydrogen-bond donors (Lipinski definition) is 1. The maximum absolute atomic E-state index is 12.6. The number of para-hydroxylation sites is 1. The molecule has 1 aromatic carbocycles. The SMILES string of the molecule is C=CCN1CCOC2(CCN(C(=O)c3ccc[nH]3)CC2)c2ccccc21. The molecule has 2 aromatic rings. The van der Waals surface area contributed by atoms with Crippen LogP contribution in [0.25, 0.3) is 0 Å². The second kappa shape index (κ2) is 7.00. The maximum Gasteiger partial charge on any atom is 0.270 e. The first kappa shape index (κ1) is 16.9. The molecule has 5 nitrogen and oxygen atoms in total. The number of nitrogens with one attached hydrogen (secondary N) is 1. The lowest BCUT2D eigenvalue weighted by Crippen LogP contribution is -2.46. The van der Waals surface area contributed by atoms with E-state index < -0.39 is 0 Å². The highest BCUT2D eigenvalue weighted by Crippen LogP contribution is 2.43. The van der Waals surface area contributed by atoms with E-state index in [2.05, 4.69) is 40.7 Å². The minimum absolute atomic E-state index is 0.0695. The zero-order valence-corrected chi connectivity index (χ0v) is 15.0. The third-order valence-electron chi connectivity index (χ3n) is 5.51. The Hall–Kier alpha value is -2.53. The number of rotatable bonds is 3. The number of H-pyrrole nitrogens is 1. The highest BCUT2D eigenvalue weighted by atomic mass is 16.5. The van der Waals surface area contributed by atoms with Crippen molar-refractivity contribution in [3.8, 4) is 0 Å². The summed E-state index contributed by atoms with van der Waals surface area (Å²) in [6, 6.07) is 12.2. The Morgan fingerprint density at radius 2 is 2.00 bits per heavy atom. The van der Waals surface area contributed by atoms with Crippen LogP contribution in [0, 0.1) is 0 Å². The predicted octanol–water partition coefficient (Wildman–Crippen LogP) is 3.17. The van der Waals surface area contributed by atoms with Gasteiger partial charge in [0.2, 0.25) is 0 Å². The number of hydrogen-bond acceptors (Lipinski definition) is 3. The van der Waals surface area contributed by atoms with Crippen LogP contribution in [0.5, 0.6) is 0 Å². The molecule has 5 heteroatoms. The summed E-state index contributed by atoms with van der Waals surface area (Å²) in [7, 11) is 0. The molecule has 4 rings (SSSR count). The molecule has 1 N–H and O–H groups in total. The fraction of sp³-hybridized carbons (Fsp3) is 0.381. The van der Waals surface area contributed by atoms with E-state index in [0.29, 0.717) is 25.4 Å². The summed E-state index contributed by atoms with van der Waals surface area (Å²) in [5, 5.41) is 0. The summed E-state index contributed by atoms with van der Waals surface area (Å²) in [5.74, 6) is 0.0695. The lowest BCUT2D eigenvalue weighted by Gasteiger charge is -2.41. The van der Waals surface area contributed by atoms with E-state index in [4.69, 9.17) is 4.74 Å². The number of carbonyl (C=O) groups excluding carboxylic acids is 1. The van der Waals surface area contributed by atoms with Crippen molar-refractivity contribution < 1.29 is 9.53 Å². The Labute approximate surface area is 154 Å². The summed E-state index contributed by atoms with van der Waals surface area (Å²) in [6.07, 6.45) is 5.36. The van der Waals surface area contributed by atoms with Gasteiger partial charge in [-0.3, -0.25) is 4.79 Å². The second-order valence-electron chi connectivity index (χ2n) is 6.97. The first-order chi connectivity index (χ1) is 12.7. The Morgan fingerprint density at radius 1 is 1.19 bits per heavy atom. The normalized spacial score (nSPS) is 19.1. The van der Waals surface area contributed by atoms with Gasteiger partial charge in [0.05, 0.1) is 12.2 Å². The molecule has 1 aromatic heterocycles.